The summed E-state index contributed by atoms with van der Waals surface area (Å²) < 4.78 is 5.45. The van der Waals surface area contributed by atoms with E-state index in [0.717, 1.165) is 25.5 Å². The molecule has 0 saturated carbocycles. The molecule has 1 fully saturated rings. The predicted molar refractivity (Wildman–Crippen MR) is 90.2 cm³/mol. The SMILES string of the molecule is CC(C)(C)OC(=O)N1CC(C=O)CC(CCc2ccccc2)C1. The van der Waals surface area contributed by atoms with Crippen molar-refractivity contribution in [1.29, 1.82) is 0 Å². The third-order valence-electron chi connectivity index (χ3n) is 4.10. The first-order valence-corrected chi connectivity index (χ1v) is 8.34. The van der Waals surface area contributed by atoms with Crippen LogP contribution in [0.15, 0.2) is 30.3 Å². The molecule has 2 atom stereocenters. The number of amides is 1. The number of likely N-dealkylation sites (tertiary alicyclic amines) is 1. The lowest BCUT2D eigenvalue weighted by Crippen LogP contribution is -2.46. The lowest BCUT2D eigenvalue weighted by molar-refractivity contribution is -0.113. The zero-order valence-corrected chi connectivity index (χ0v) is 14.3. The highest BCUT2D eigenvalue weighted by atomic mass is 16.6. The van der Waals surface area contributed by atoms with E-state index < -0.39 is 5.60 Å². The summed E-state index contributed by atoms with van der Waals surface area (Å²) in [6, 6.07) is 10.3. The number of hydrogen-bond acceptors (Lipinski definition) is 3. The first-order valence-electron chi connectivity index (χ1n) is 8.34. The summed E-state index contributed by atoms with van der Waals surface area (Å²) in [6.07, 6.45) is 3.47. The van der Waals surface area contributed by atoms with Crippen molar-refractivity contribution in [2.45, 2.75) is 45.6 Å². The average molecular weight is 317 g/mol. The smallest absolute Gasteiger partial charge is 0.410 e. The Labute approximate surface area is 138 Å². The quantitative estimate of drug-likeness (QED) is 0.796. The maximum absolute atomic E-state index is 12.3. The molecule has 0 aromatic heterocycles. The van der Waals surface area contributed by atoms with Gasteiger partial charge in [0.2, 0.25) is 0 Å². The molecular formula is C19H27NO3. The Bertz CT molecular complexity index is 521. The molecule has 1 heterocycles. The van der Waals surface area contributed by atoms with Crippen molar-refractivity contribution in [3.05, 3.63) is 35.9 Å². The molecule has 23 heavy (non-hydrogen) atoms. The number of rotatable bonds is 4. The molecular weight excluding hydrogens is 290 g/mol. The van der Waals surface area contributed by atoms with Crippen molar-refractivity contribution in [1.82, 2.24) is 4.90 Å². The van der Waals surface area contributed by atoms with Gasteiger partial charge in [-0.15, -0.1) is 0 Å². The van der Waals surface area contributed by atoms with Gasteiger partial charge in [0.25, 0.3) is 0 Å². The highest BCUT2D eigenvalue weighted by molar-refractivity contribution is 5.69. The fourth-order valence-electron chi connectivity index (χ4n) is 3.05. The van der Waals surface area contributed by atoms with Crippen molar-refractivity contribution in [3.8, 4) is 0 Å². The maximum atomic E-state index is 12.3. The van der Waals surface area contributed by atoms with Gasteiger partial charge in [-0.1, -0.05) is 30.3 Å². The summed E-state index contributed by atoms with van der Waals surface area (Å²) >= 11 is 0. The fourth-order valence-corrected chi connectivity index (χ4v) is 3.05. The van der Waals surface area contributed by atoms with Crippen LogP contribution < -0.4 is 0 Å². The minimum Gasteiger partial charge on any atom is -0.444 e. The zero-order valence-electron chi connectivity index (χ0n) is 14.3. The molecule has 0 bridgehead atoms. The minimum absolute atomic E-state index is 0.0861. The second-order valence-corrected chi connectivity index (χ2v) is 7.41. The maximum Gasteiger partial charge on any atom is 0.410 e. The number of piperidine rings is 1. The Morgan fingerprint density at radius 3 is 2.57 bits per heavy atom. The van der Waals surface area contributed by atoms with E-state index in [1.54, 1.807) is 4.90 Å². The molecule has 1 saturated heterocycles. The van der Waals surface area contributed by atoms with E-state index >= 15 is 0 Å². The van der Waals surface area contributed by atoms with Crippen molar-refractivity contribution in [2.24, 2.45) is 11.8 Å². The highest BCUT2D eigenvalue weighted by Gasteiger charge is 2.32. The van der Waals surface area contributed by atoms with Crippen LogP contribution in [0.3, 0.4) is 0 Å². The van der Waals surface area contributed by atoms with Gasteiger partial charge in [-0.3, -0.25) is 0 Å². The molecule has 0 aliphatic carbocycles. The van der Waals surface area contributed by atoms with Gasteiger partial charge in [0.1, 0.15) is 11.9 Å². The average Bonchev–Trinajstić information content (AvgIpc) is 2.52. The van der Waals surface area contributed by atoms with Gasteiger partial charge in [0.15, 0.2) is 0 Å². The van der Waals surface area contributed by atoms with Crippen molar-refractivity contribution in [2.75, 3.05) is 13.1 Å². The lowest BCUT2D eigenvalue weighted by Gasteiger charge is -2.36. The summed E-state index contributed by atoms with van der Waals surface area (Å²) in [5, 5.41) is 0. The first-order chi connectivity index (χ1) is 10.9. The van der Waals surface area contributed by atoms with E-state index in [4.69, 9.17) is 4.74 Å². The van der Waals surface area contributed by atoms with Crippen LogP contribution in [0, 0.1) is 11.8 Å². The van der Waals surface area contributed by atoms with E-state index in [0.29, 0.717) is 19.0 Å². The van der Waals surface area contributed by atoms with Gasteiger partial charge < -0.3 is 14.4 Å². The van der Waals surface area contributed by atoms with E-state index in [-0.39, 0.29) is 12.0 Å². The molecule has 2 unspecified atom stereocenters. The molecule has 126 valence electrons. The van der Waals surface area contributed by atoms with E-state index in [1.807, 2.05) is 39.0 Å². The Kier molecular flexibility index (Phi) is 5.80. The van der Waals surface area contributed by atoms with Gasteiger partial charge in [-0.2, -0.15) is 0 Å². The molecule has 2 rings (SSSR count). The third-order valence-corrected chi connectivity index (χ3v) is 4.10. The van der Waals surface area contributed by atoms with Crippen molar-refractivity contribution >= 4 is 12.4 Å². The van der Waals surface area contributed by atoms with Crippen LogP contribution in [0.1, 0.15) is 39.2 Å². The number of nitrogens with zero attached hydrogens (tertiary/aromatic N) is 1. The monoisotopic (exact) mass is 317 g/mol. The number of hydrogen-bond donors (Lipinski definition) is 0. The Hall–Kier alpha value is -1.84. The molecule has 1 aromatic carbocycles. The number of aryl methyl sites for hydroxylation is 1. The van der Waals surface area contributed by atoms with Crippen molar-refractivity contribution < 1.29 is 14.3 Å². The van der Waals surface area contributed by atoms with E-state index in [1.165, 1.54) is 5.56 Å². The number of benzene rings is 1. The molecule has 1 aliphatic rings. The van der Waals surface area contributed by atoms with Crippen LogP contribution in [-0.2, 0) is 16.0 Å². The summed E-state index contributed by atoms with van der Waals surface area (Å²) in [6.45, 7) is 6.73. The van der Waals surface area contributed by atoms with Gasteiger partial charge in [0, 0.05) is 19.0 Å². The van der Waals surface area contributed by atoms with Gasteiger partial charge in [-0.05, 0) is 51.5 Å². The molecule has 0 spiro atoms. The summed E-state index contributed by atoms with van der Waals surface area (Å²) in [5.74, 6) is 0.253. The normalized spacial score (nSPS) is 21.8. The zero-order chi connectivity index (χ0) is 16.9. The topological polar surface area (TPSA) is 46.6 Å². The molecule has 1 amide bonds. The van der Waals surface area contributed by atoms with E-state index in [2.05, 4.69) is 12.1 Å². The number of aldehydes is 1. The Balaban J connectivity index is 1.94. The summed E-state index contributed by atoms with van der Waals surface area (Å²) in [5.41, 5.74) is 0.787. The van der Waals surface area contributed by atoms with E-state index in [9.17, 15) is 9.59 Å². The van der Waals surface area contributed by atoms with Crippen LogP contribution >= 0.6 is 0 Å². The second-order valence-electron chi connectivity index (χ2n) is 7.41. The highest BCUT2D eigenvalue weighted by Crippen LogP contribution is 2.26. The minimum atomic E-state index is -0.509. The molecule has 4 heteroatoms. The predicted octanol–water partition coefficient (Wildman–Crippen LogP) is 3.69. The number of carbonyl (C=O) groups excluding carboxylic acids is 2. The molecule has 0 radical (unpaired) electrons. The Morgan fingerprint density at radius 1 is 1.26 bits per heavy atom. The molecule has 1 aliphatic heterocycles. The van der Waals surface area contributed by atoms with Gasteiger partial charge >= 0.3 is 6.09 Å². The van der Waals surface area contributed by atoms with Crippen LogP contribution in [0.25, 0.3) is 0 Å². The fraction of sp³-hybridized carbons (Fsp3) is 0.579. The number of carbonyl (C=O) groups is 2. The molecule has 0 N–H and O–H groups in total. The summed E-state index contributed by atoms with van der Waals surface area (Å²) in [7, 11) is 0. The Morgan fingerprint density at radius 2 is 1.96 bits per heavy atom. The van der Waals surface area contributed by atoms with Crippen LogP contribution in [0.2, 0.25) is 0 Å². The van der Waals surface area contributed by atoms with Crippen molar-refractivity contribution in [3.63, 3.8) is 0 Å². The largest absolute Gasteiger partial charge is 0.444 e. The van der Waals surface area contributed by atoms with Gasteiger partial charge in [-0.25, -0.2) is 4.79 Å². The molecule has 4 nitrogen and oxygen atoms in total. The second kappa shape index (κ2) is 7.62. The summed E-state index contributed by atoms with van der Waals surface area (Å²) in [4.78, 5) is 25.2. The van der Waals surface area contributed by atoms with Gasteiger partial charge in [0.05, 0.1) is 0 Å². The standard InChI is InChI=1S/C19H27NO3/c1-19(2,3)23-18(22)20-12-16(11-17(13-20)14-21)10-9-15-7-5-4-6-8-15/h4-8,14,16-17H,9-13H2,1-3H3. The lowest BCUT2D eigenvalue weighted by atomic mass is 9.86. The first kappa shape index (κ1) is 17.5. The van der Waals surface area contributed by atoms with Crippen LogP contribution in [0.5, 0.6) is 0 Å². The molecule has 1 aromatic rings. The third kappa shape index (κ3) is 5.70. The van der Waals surface area contributed by atoms with Crippen LogP contribution in [0.4, 0.5) is 4.79 Å². The number of ether oxygens (including phenoxy) is 1. The van der Waals surface area contributed by atoms with Crippen LogP contribution in [-0.4, -0.2) is 36.0 Å².